The molecule has 2 aromatic rings. The van der Waals surface area contributed by atoms with E-state index in [1.807, 2.05) is 11.0 Å². The van der Waals surface area contributed by atoms with Crippen LogP contribution >= 0.6 is 12.2 Å². The number of carbonyl (C=O) groups excluding carboxylic acids is 1. The molecule has 2 aromatic heterocycles. The Hall–Kier alpha value is -2.00. The zero-order valence-electron chi connectivity index (χ0n) is 14.2. The second-order valence-corrected chi connectivity index (χ2v) is 7.25. The Morgan fingerprint density at radius 2 is 2.12 bits per heavy atom. The molecule has 0 atom stereocenters. The Morgan fingerprint density at radius 3 is 2.76 bits per heavy atom. The number of carbonyl (C=O) groups is 1. The maximum atomic E-state index is 12.1. The third kappa shape index (κ3) is 3.67. The van der Waals surface area contributed by atoms with Gasteiger partial charge < -0.3 is 14.4 Å². The van der Waals surface area contributed by atoms with E-state index in [0.717, 1.165) is 30.7 Å². The van der Waals surface area contributed by atoms with E-state index in [1.54, 1.807) is 13.0 Å². The van der Waals surface area contributed by atoms with Crippen molar-refractivity contribution in [3.05, 3.63) is 28.6 Å². The summed E-state index contributed by atoms with van der Waals surface area (Å²) in [5.74, 6) is 0.475. The quantitative estimate of drug-likeness (QED) is 0.818. The second kappa shape index (κ2) is 6.72. The average molecular weight is 362 g/mol. The summed E-state index contributed by atoms with van der Waals surface area (Å²) in [6.07, 6.45) is 6.07. The molecule has 1 saturated heterocycles. The molecule has 3 heterocycles. The molecule has 1 amide bonds. The van der Waals surface area contributed by atoms with Crippen LogP contribution in [0.25, 0.3) is 0 Å². The highest BCUT2D eigenvalue weighted by molar-refractivity contribution is 7.71. The summed E-state index contributed by atoms with van der Waals surface area (Å²) in [7, 11) is 0. The lowest BCUT2D eigenvalue weighted by molar-refractivity contribution is 0.0887. The summed E-state index contributed by atoms with van der Waals surface area (Å²) in [4.78, 5) is 14.5. The van der Waals surface area contributed by atoms with Crippen molar-refractivity contribution in [3.63, 3.8) is 0 Å². The van der Waals surface area contributed by atoms with E-state index in [1.165, 1.54) is 12.8 Å². The SMILES string of the molecule is Cc1cc(C(=O)NC2CCN(Cn3ncn(C4CC4)c3=S)CC2)no1. The largest absolute Gasteiger partial charge is 0.361 e. The van der Waals surface area contributed by atoms with Crippen LogP contribution in [-0.2, 0) is 6.67 Å². The van der Waals surface area contributed by atoms with Gasteiger partial charge in [0, 0.05) is 31.2 Å². The van der Waals surface area contributed by atoms with Crippen molar-refractivity contribution in [1.29, 1.82) is 0 Å². The first-order valence-corrected chi connectivity index (χ1v) is 9.11. The second-order valence-electron chi connectivity index (χ2n) is 6.88. The molecule has 8 nitrogen and oxygen atoms in total. The maximum absolute atomic E-state index is 12.1. The molecule has 0 radical (unpaired) electrons. The van der Waals surface area contributed by atoms with Gasteiger partial charge in [-0.1, -0.05) is 5.16 Å². The molecule has 134 valence electrons. The minimum Gasteiger partial charge on any atom is -0.361 e. The number of piperidine rings is 1. The first-order valence-electron chi connectivity index (χ1n) is 8.70. The molecule has 0 spiro atoms. The minimum absolute atomic E-state index is 0.165. The minimum atomic E-state index is -0.166. The van der Waals surface area contributed by atoms with E-state index in [2.05, 4.69) is 25.0 Å². The van der Waals surface area contributed by atoms with E-state index >= 15 is 0 Å². The number of hydrogen-bond donors (Lipinski definition) is 1. The summed E-state index contributed by atoms with van der Waals surface area (Å²) in [6.45, 7) is 4.29. The van der Waals surface area contributed by atoms with E-state index in [-0.39, 0.29) is 11.9 Å². The number of nitrogens with one attached hydrogen (secondary N) is 1. The highest BCUT2D eigenvalue weighted by Crippen LogP contribution is 2.34. The predicted octanol–water partition coefficient (Wildman–Crippen LogP) is 1.90. The highest BCUT2D eigenvalue weighted by atomic mass is 32.1. The molecule has 0 bridgehead atoms. The Morgan fingerprint density at radius 1 is 1.36 bits per heavy atom. The number of amides is 1. The molecule has 2 aliphatic rings. The number of aromatic nitrogens is 4. The van der Waals surface area contributed by atoms with Crippen molar-refractivity contribution < 1.29 is 9.32 Å². The summed E-state index contributed by atoms with van der Waals surface area (Å²) < 4.78 is 9.75. The first kappa shape index (κ1) is 16.5. The van der Waals surface area contributed by atoms with Crippen molar-refractivity contribution in [1.82, 2.24) is 29.7 Å². The van der Waals surface area contributed by atoms with Crippen LogP contribution in [0.2, 0.25) is 0 Å². The Balaban J connectivity index is 1.28. The topological polar surface area (TPSA) is 81.1 Å². The van der Waals surface area contributed by atoms with Crippen LogP contribution in [0.5, 0.6) is 0 Å². The number of aryl methyl sites for hydroxylation is 1. The average Bonchev–Trinajstić information content (AvgIpc) is 3.25. The number of nitrogens with zero attached hydrogens (tertiary/aromatic N) is 5. The van der Waals surface area contributed by atoms with Crippen LogP contribution in [0.15, 0.2) is 16.9 Å². The predicted molar refractivity (Wildman–Crippen MR) is 92.6 cm³/mol. The van der Waals surface area contributed by atoms with Crippen LogP contribution in [0.3, 0.4) is 0 Å². The van der Waals surface area contributed by atoms with Crippen LogP contribution in [0, 0.1) is 11.7 Å². The van der Waals surface area contributed by atoms with Gasteiger partial charge in [0.05, 0.1) is 6.67 Å². The molecule has 1 saturated carbocycles. The monoisotopic (exact) mass is 362 g/mol. The summed E-state index contributed by atoms with van der Waals surface area (Å²) in [6, 6.07) is 2.38. The number of rotatable bonds is 5. The van der Waals surface area contributed by atoms with Crippen molar-refractivity contribution in [2.24, 2.45) is 0 Å². The van der Waals surface area contributed by atoms with Gasteiger partial charge in [-0.15, -0.1) is 0 Å². The lowest BCUT2D eigenvalue weighted by Gasteiger charge is -2.31. The van der Waals surface area contributed by atoms with E-state index in [4.69, 9.17) is 16.7 Å². The molecule has 1 aliphatic carbocycles. The van der Waals surface area contributed by atoms with Crippen LogP contribution in [0.4, 0.5) is 0 Å². The standard InChI is InChI=1S/C16H22N6O2S/c1-11-8-14(19-24-11)15(23)18-12-4-6-20(7-5-12)10-22-16(25)21(9-17-22)13-2-3-13/h8-9,12-13H,2-7,10H2,1H3,(H,18,23). The number of likely N-dealkylation sites (tertiary alicyclic amines) is 1. The van der Waals surface area contributed by atoms with Crippen molar-refractivity contribution in [2.45, 2.75) is 51.4 Å². The lowest BCUT2D eigenvalue weighted by Crippen LogP contribution is -2.45. The molecular formula is C16H22N6O2S. The van der Waals surface area contributed by atoms with E-state index in [9.17, 15) is 4.79 Å². The fourth-order valence-electron chi connectivity index (χ4n) is 3.19. The van der Waals surface area contributed by atoms with Crippen LogP contribution in [0.1, 0.15) is 48.0 Å². The Labute approximate surface area is 150 Å². The van der Waals surface area contributed by atoms with Gasteiger partial charge in [-0.2, -0.15) is 5.10 Å². The summed E-state index contributed by atoms with van der Waals surface area (Å²) in [5, 5.41) is 11.2. The third-order valence-corrected chi connectivity index (χ3v) is 5.24. The van der Waals surface area contributed by atoms with Crippen LogP contribution < -0.4 is 5.32 Å². The molecule has 1 aliphatic heterocycles. The number of hydrogen-bond acceptors (Lipinski definition) is 6. The van der Waals surface area contributed by atoms with Gasteiger partial charge >= 0.3 is 0 Å². The fourth-order valence-corrected chi connectivity index (χ4v) is 3.49. The molecule has 0 aromatic carbocycles. The van der Waals surface area contributed by atoms with Gasteiger partial charge in [-0.3, -0.25) is 9.69 Å². The molecule has 1 N–H and O–H groups in total. The van der Waals surface area contributed by atoms with Gasteiger partial charge in [-0.25, -0.2) is 4.68 Å². The molecule has 25 heavy (non-hydrogen) atoms. The summed E-state index contributed by atoms with van der Waals surface area (Å²) >= 11 is 5.51. The van der Waals surface area contributed by atoms with Gasteiger partial charge in [0.2, 0.25) is 0 Å². The molecule has 9 heteroatoms. The molecule has 0 unspecified atom stereocenters. The third-order valence-electron chi connectivity index (χ3n) is 4.81. The van der Waals surface area contributed by atoms with Gasteiger partial charge in [0.25, 0.3) is 5.91 Å². The van der Waals surface area contributed by atoms with Crippen LogP contribution in [-0.4, -0.2) is 49.4 Å². The molecule has 4 rings (SSSR count). The Bertz CT molecular complexity index is 813. The first-order chi connectivity index (χ1) is 12.1. The maximum Gasteiger partial charge on any atom is 0.273 e. The van der Waals surface area contributed by atoms with E-state index < -0.39 is 0 Å². The zero-order valence-corrected chi connectivity index (χ0v) is 15.0. The van der Waals surface area contributed by atoms with E-state index in [0.29, 0.717) is 24.2 Å². The van der Waals surface area contributed by atoms with Gasteiger partial charge in [0.1, 0.15) is 12.1 Å². The van der Waals surface area contributed by atoms with Gasteiger partial charge in [-0.05, 0) is 44.8 Å². The Kier molecular flexibility index (Phi) is 4.43. The highest BCUT2D eigenvalue weighted by Gasteiger charge is 2.26. The summed E-state index contributed by atoms with van der Waals surface area (Å²) in [5.41, 5.74) is 0.344. The normalized spacial score (nSPS) is 19.2. The van der Waals surface area contributed by atoms with Gasteiger partial charge in [0.15, 0.2) is 10.5 Å². The molecular weight excluding hydrogens is 340 g/mol. The van der Waals surface area contributed by atoms with Crippen molar-refractivity contribution in [2.75, 3.05) is 13.1 Å². The van der Waals surface area contributed by atoms with Crippen molar-refractivity contribution in [3.8, 4) is 0 Å². The fraction of sp³-hybridized carbons (Fsp3) is 0.625. The molecule has 2 fully saturated rings. The smallest absolute Gasteiger partial charge is 0.273 e. The zero-order chi connectivity index (χ0) is 17.4. The van der Waals surface area contributed by atoms with Crippen molar-refractivity contribution >= 4 is 18.1 Å². The lowest BCUT2D eigenvalue weighted by atomic mass is 10.1.